The first-order chi connectivity index (χ1) is 14.1. The number of carbonyl (C=O) groups excluding carboxylic acids is 3. The molecule has 29 heavy (non-hydrogen) atoms. The highest BCUT2D eigenvalue weighted by molar-refractivity contribution is 6.22. The third-order valence-electron chi connectivity index (χ3n) is 5.55. The van der Waals surface area contributed by atoms with E-state index in [2.05, 4.69) is 0 Å². The molecule has 4 rings (SSSR count). The number of amides is 2. The third-order valence-corrected chi connectivity index (χ3v) is 5.55. The first-order valence-corrected chi connectivity index (χ1v) is 9.76. The maximum absolute atomic E-state index is 12.8. The zero-order chi connectivity index (χ0) is 20.4. The number of carbonyl (C=O) groups is 3. The summed E-state index contributed by atoms with van der Waals surface area (Å²) in [4.78, 5) is 39.4. The van der Waals surface area contributed by atoms with Gasteiger partial charge < -0.3 is 4.74 Å². The van der Waals surface area contributed by atoms with Gasteiger partial charge in [-0.25, -0.2) is 4.79 Å². The Hall–Kier alpha value is -3.46. The van der Waals surface area contributed by atoms with Gasteiger partial charge in [0.25, 0.3) is 11.8 Å². The van der Waals surface area contributed by atoms with Crippen LogP contribution in [0.3, 0.4) is 0 Å². The number of esters is 1. The van der Waals surface area contributed by atoms with Crippen LogP contribution in [-0.2, 0) is 11.3 Å². The molecule has 0 unspecified atom stereocenters. The third kappa shape index (κ3) is 3.64. The first-order valence-electron chi connectivity index (χ1n) is 9.76. The smallest absolute Gasteiger partial charge is 0.338 e. The van der Waals surface area contributed by atoms with Crippen molar-refractivity contribution in [1.29, 1.82) is 5.26 Å². The Morgan fingerprint density at radius 1 is 1.00 bits per heavy atom. The summed E-state index contributed by atoms with van der Waals surface area (Å²) in [5.41, 5.74) is 2.15. The Bertz CT molecular complexity index is 1010. The number of rotatable bonds is 4. The molecule has 0 aromatic heterocycles. The van der Waals surface area contributed by atoms with Crippen LogP contribution in [0.2, 0.25) is 0 Å². The Morgan fingerprint density at radius 3 is 2.38 bits per heavy atom. The predicted octanol–water partition coefficient (Wildman–Crippen LogP) is 3.84. The van der Waals surface area contributed by atoms with E-state index in [1.54, 1.807) is 24.3 Å². The van der Waals surface area contributed by atoms with Gasteiger partial charge in [0, 0.05) is 6.04 Å². The summed E-state index contributed by atoms with van der Waals surface area (Å²) in [5, 5.41) is 8.82. The van der Waals surface area contributed by atoms with Crippen molar-refractivity contribution in [3.63, 3.8) is 0 Å². The largest absolute Gasteiger partial charge is 0.457 e. The molecular formula is C23H20N2O4. The molecule has 2 aromatic rings. The van der Waals surface area contributed by atoms with Crippen LogP contribution in [0.4, 0.5) is 0 Å². The van der Waals surface area contributed by atoms with Crippen LogP contribution < -0.4 is 0 Å². The average Bonchev–Trinajstić information content (AvgIpc) is 3.02. The normalized spacial score (nSPS) is 16.4. The van der Waals surface area contributed by atoms with Crippen LogP contribution in [0, 0.1) is 11.3 Å². The molecule has 0 N–H and O–H groups in total. The van der Waals surface area contributed by atoms with Crippen molar-refractivity contribution in [2.45, 2.75) is 44.8 Å². The molecule has 1 fully saturated rings. The van der Waals surface area contributed by atoms with Crippen molar-refractivity contribution >= 4 is 17.8 Å². The Labute approximate surface area is 168 Å². The lowest BCUT2D eigenvalue weighted by Crippen LogP contribution is -2.40. The molecule has 2 amide bonds. The maximum atomic E-state index is 12.8. The van der Waals surface area contributed by atoms with E-state index in [9.17, 15) is 14.4 Å². The van der Waals surface area contributed by atoms with Gasteiger partial charge in [-0.1, -0.05) is 31.4 Å². The van der Waals surface area contributed by atoms with Crippen molar-refractivity contribution in [3.05, 3.63) is 70.3 Å². The van der Waals surface area contributed by atoms with Crippen LogP contribution in [0.1, 0.15) is 74.3 Å². The van der Waals surface area contributed by atoms with Crippen LogP contribution >= 0.6 is 0 Å². The number of nitrogens with zero attached hydrogens (tertiary/aromatic N) is 2. The van der Waals surface area contributed by atoms with E-state index in [0.29, 0.717) is 11.1 Å². The average molecular weight is 388 g/mol. The van der Waals surface area contributed by atoms with Gasteiger partial charge in [0.2, 0.25) is 0 Å². The lowest BCUT2D eigenvalue weighted by atomic mass is 9.94. The molecule has 0 saturated heterocycles. The van der Waals surface area contributed by atoms with Crippen LogP contribution in [0.5, 0.6) is 0 Å². The second kappa shape index (κ2) is 7.88. The van der Waals surface area contributed by atoms with E-state index in [1.165, 1.54) is 23.1 Å². The first kappa shape index (κ1) is 18.9. The summed E-state index contributed by atoms with van der Waals surface area (Å²) in [6.07, 6.45) is 4.85. The Balaban J connectivity index is 1.47. The number of hydrogen-bond acceptors (Lipinski definition) is 5. The van der Waals surface area contributed by atoms with Crippen LogP contribution in [0.15, 0.2) is 42.5 Å². The van der Waals surface area contributed by atoms with Crippen LogP contribution in [-0.4, -0.2) is 28.7 Å². The van der Waals surface area contributed by atoms with Gasteiger partial charge in [-0.3, -0.25) is 14.5 Å². The highest BCUT2D eigenvalue weighted by atomic mass is 16.5. The summed E-state index contributed by atoms with van der Waals surface area (Å²) in [7, 11) is 0. The molecule has 146 valence electrons. The fourth-order valence-electron chi connectivity index (χ4n) is 3.97. The number of ether oxygens (including phenoxy) is 1. The van der Waals surface area contributed by atoms with Gasteiger partial charge in [-0.2, -0.15) is 5.26 Å². The molecule has 1 heterocycles. The fraction of sp³-hybridized carbons (Fsp3) is 0.304. The highest BCUT2D eigenvalue weighted by Gasteiger charge is 2.40. The lowest BCUT2D eigenvalue weighted by molar-refractivity contribution is 0.0472. The van der Waals surface area contributed by atoms with Crippen molar-refractivity contribution in [2.24, 2.45) is 0 Å². The topological polar surface area (TPSA) is 87.5 Å². The van der Waals surface area contributed by atoms with E-state index in [-0.39, 0.29) is 35.6 Å². The fourth-order valence-corrected chi connectivity index (χ4v) is 3.97. The number of benzene rings is 2. The SMILES string of the molecule is N#Cc1ccc(COC(=O)c2ccc3c(c2)C(=O)N(C2CCCCC2)C3=O)cc1. The number of fused-ring (bicyclic) bond motifs is 1. The molecule has 0 radical (unpaired) electrons. The summed E-state index contributed by atoms with van der Waals surface area (Å²) in [6.45, 7) is 0.0582. The molecular weight excluding hydrogens is 368 g/mol. The molecule has 2 aliphatic rings. The minimum Gasteiger partial charge on any atom is -0.457 e. The van der Waals surface area contributed by atoms with Gasteiger partial charge >= 0.3 is 5.97 Å². The Kier molecular flexibility index (Phi) is 5.13. The summed E-state index contributed by atoms with van der Waals surface area (Å²) in [6, 6.07) is 13.3. The molecule has 6 heteroatoms. The number of imide groups is 1. The van der Waals surface area contributed by atoms with Gasteiger partial charge in [-0.05, 0) is 48.7 Å². The summed E-state index contributed by atoms with van der Waals surface area (Å²) < 4.78 is 5.32. The van der Waals surface area contributed by atoms with E-state index in [1.807, 2.05) is 6.07 Å². The van der Waals surface area contributed by atoms with E-state index in [0.717, 1.165) is 37.7 Å². The maximum Gasteiger partial charge on any atom is 0.338 e. The zero-order valence-electron chi connectivity index (χ0n) is 15.9. The van der Waals surface area contributed by atoms with E-state index >= 15 is 0 Å². The quantitative estimate of drug-likeness (QED) is 0.586. The predicted molar refractivity (Wildman–Crippen MR) is 104 cm³/mol. The zero-order valence-corrected chi connectivity index (χ0v) is 15.9. The molecule has 2 aromatic carbocycles. The molecule has 0 bridgehead atoms. The molecule has 1 aliphatic heterocycles. The summed E-state index contributed by atoms with van der Waals surface area (Å²) >= 11 is 0. The van der Waals surface area contributed by atoms with Crippen LogP contribution in [0.25, 0.3) is 0 Å². The van der Waals surface area contributed by atoms with Crippen molar-refractivity contribution < 1.29 is 19.1 Å². The monoisotopic (exact) mass is 388 g/mol. The Morgan fingerprint density at radius 2 is 1.69 bits per heavy atom. The van der Waals surface area contributed by atoms with Crippen molar-refractivity contribution in [2.75, 3.05) is 0 Å². The molecule has 0 spiro atoms. The van der Waals surface area contributed by atoms with Gasteiger partial charge in [0.1, 0.15) is 6.61 Å². The van der Waals surface area contributed by atoms with Gasteiger partial charge in [-0.15, -0.1) is 0 Å². The second-order valence-corrected chi connectivity index (χ2v) is 7.42. The minimum atomic E-state index is -0.562. The molecule has 0 atom stereocenters. The second-order valence-electron chi connectivity index (χ2n) is 7.42. The molecule has 1 aliphatic carbocycles. The van der Waals surface area contributed by atoms with Gasteiger partial charge in [0.05, 0.1) is 28.3 Å². The standard InChI is InChI=1S/C23H20N2O4/c24-13-15-6-8-16(9-7-15)14-29-23(28)17-10-11-19-20(12-17)22(27)25(21(19)26)18-4-2-1-3-5-18/h6-12,18H,1-5,14H2. The van der Waals surface area contributed by atoms with E-state index in [4.69, 9.17) is 10.00 Å². The molecule has 1 saturated carbocycles. The van der Waals surface area contributed by atoms with Crippen molar-refractivity contribution in [3.8, 4) is 6.07 Å². The number of nitriles is 1. The van der Waals surface area contributed by atoms with E-state index < -0.39 is 5.97 Å². The minimum absolute atomic E-state index is 0.0528. The van der Waals surface area contributed by atoms with Gasteiger partial charge in [0.15, 0.2) is 0 Å². The van der Waals surface area contributed by atoms with Crippen molar-refractivity contribution in [1.82, 2.24) is 4.90 Å². The lowest BCUT2D eigenvalue weighted by Gasteiger charge is -2.29. The molecule has 6 nitrogen and oxygen atoms in total. The number of hydrogen-bond donors (Lipinski definition) is 0. The highest BCUT2D eigenvalue weighted by Crippen LogP contribution is 2.31. The summed E-state index contributed by atoms with van der Waals surface area (Å²) in [5.74, 6) is -1.15.